The second-order valence-electron chi connectivity index (χ2n) is 5.88. The van der Waals surface area contributed by atoms with Crippen LogP contribution < -0.4 is 15.4 Å². The van der Waals surface area contributed by atoms with Gasteiger partial charge in [-0.3, -0.25) is 14.7 Å². The summed E-state index contributed by atoms with van der Waals surface area (Å²) in [7, 11) is 3.46. The summed E-state index contributed by atoms with van der Waals surface area (Å²) in [6, 6.07) is 15.5. The van der Waals surface area contributed by atoms with Crippen LogP contribution in [-0.4, -0.2) is 36.2 Å². The summed E-state index contributed by atoms with van der Waals surface area (Å²) >= 11 is 0. The molecule has 26 heavy (non-hydrogen) atoms. The van der Waals surface area contributed by atoms with Crippen LogP contribution in [0.5, 0.6) is 5.75 Å². The number of rotatable bonds is 6. The predicted molar refractivity (Wildman–Crippen MR) is 107 cm³/mol. The standard InChI is InChI=1S/C19H22N4O2.ClH/c1-13(12-20-2)18(24)22-19-21-14-8-4-5-9-15(14)23(19)16-10-6-7-11-17(16)25-3;/h4-11,13,20H,12H2,1-3H3,(H,21,22,24);1H. The van der Waals surface area contributed by atoms with Crippen molar-refractivity contribution in [2.24, 2.45) is 5.92 Å². The summed E-state index contributed by atoms with van der Waals surface area (Å²) in [6.07, 6.45) is 0. The fourth-order valence-corrected chi connectivity index (χ4v) is 2.80. The highest BCUT2D eigenvalue weighted by Gasteiger charge is 2.19. The third-order valence-corrected chi connectivity index (χ3v) is 4.08. The Balaban J connectivity index is 0.00000243. The lowest BCUT2D eigenvalue weighted by Gasteiger charge is -2.15. The number of amides is 1. The highest BCUT2D eigenvalue weighted by Crippen LogP contribution is 2.30. The fraction of sp³-hybridized carbons (Fsp3) is 0.263. The number of benzene rings is 2. The van der Waals surface area contributed by atoms with Crippen LogP contribution in [0.15, 0.2) is 48.5 Å². The van der Waals surface area contributed by atoms with Crippen molar-refractivity contribution in [1.82, 2.24) is 14.9 Å². The van der Waals surface area contributed by atoms with Gasteiger partial charge in [-0.05, 0) is 31.3 Å². The number of anilines is 1. The van der Waals surface area contributed by atoms with Gasteiger partial charge in [0.1, 0.15) is 5.75 Å². The first-order valence-electron chi connectivity index (χ1n) is 8.22. The zero-order chi connectivity index (χ0) is 17.8. The molecule has 0 fully saturated rings. The molecule has 1 atom stereocenters. The lowest BCUT2D eigenvalue weighted by molar-refractivity contribution is -0.119. The lowest BCUT2D eigenvalue weighted by Crippen LogP contribution is -2.29. The number of nitrogens with zero attached hydrogens (tertiary/aromatic N) is 2. The number of ether oxygens (including phenoxy) is 1. The number of carbonyl (C=O) groups excluding carboxylic acids is 1. The van der Waals surface area contributed by atoms with Crippen LogP contribution in [0, 0.1) is 5.92 Å². The molecule has 3 aromatic rings. The summed E-state index contributed by atoms with van der Waals surface area (Å²) in [4.78, 5) is 17.1. The van der Waals surface area contributed by atoms with Gasteiger partial charge in [-0.2, -0.15) is 0 Å². The Hall–Kier alpha value is -2.57. The SMILES string of the molecule is CNCC(C)C(=O)Nc1nc2ccccc2n1-c1ccccc1OC.Cl. The molecule has 2 aromatic carbocycles. The second kappa shape index (κ2) is 8.69. The van der Waals surface area contributed by atoms with E-state index in [4.69, 9.17) is 4.74 Å². The van der Waals surface area contributed by atoms with Crippen molar-refractivity contribution in [3.8, 4) is 11.4 Å². The number of hydrogen-bond donors (Lipinski definition) is 2. The molecule has 7 heteroatoms. The molecular weight excluding hydrogens is 352 g/mol. The highest BCUT2D eigenvalue weighted by molar-refractivity contribution is 5.94. The maximum Gasteiger partial charge on any atom is 0.230 e. The van der Waals surface area contributed by atoms with Gasteiger partial charge in [0.15, 0.2) is 0 Å². The number of imidazole rings is 1. The number of nitrogens with one attached hydrogen (secondary N) is 2. The quantitative estimate of drug-likeness (QED) is 0.695. The topological polar surface area (TPSA) is 68.2 Å². The van der Waals surface area contributed by atoms with E-state index in [0.29, 0.717) is 18.2 Å². The molecule has 1 aromatic heterocycles. The third-order valence-electron chi connectivity index (χ3n) is 4.08. The molecule has 1 unspecified atom stereocenters. The zero-order valence-electron chi connectivity index (χ0n) is 15.0. The molecule has 0 bridgehead atoms. The molecule has 0 saturated heterocycles. The van der Waals surface area contributed by atoms with Crippen molar-refractivity contribution in [3.63, 3.8) is 0 Å². The average Bonchev–Trinajstić information content (AvgIpc) is 2.99. The Morgan fingerprint density at radius 3 is 2.62 bits per heavy atom. The minimum Gasteiger partial charge on any atom is -0.495 e. The monoisotopic (exact) mass is 374 g/mol. The van der Waals surface area contributed by atoms with Gasteiger partial charge in [-0.15, -0.1) is 12.4 Å². The van der Waals surface area contributed by atoms with Crippen molar-refractivity contribution in [3.05, 3.63) is 48.5 Å². The van der Waals surface area contributed by atoms with Crippen LogP contribution in [0.4, 0.5) is 5.95 Å². The van der Waals surface area contributed by atoms with Crippen LogP contribution in [-0.2, 0) is 4.79 Å². The van der Waals surface area contributed by atoms with Crippen LogP contribution in [0.1, 0.15) is 6.92 Å². The summed E-state index contributed by atoms with van der Waals surface area (Å²) in [5.41, 5.74) is 2.55. The third kappa shape index (κ3) is 3.81. The van der Waals surface area contributed by atoms with E-state index in [1.165, 1.54) is 0 Å². The average molecular weight is 375 g/mol. The van der Waals surface area contributed by atoms with Crippen molar-refractivity contribution in [1.29, 1.82) is 0 Å². The summed E-state index contributed by atoms with van der Waals surface area (Å²) in [6.45, 7) is 2.47. The van der Waals surface area contributed by atoms with E-state index >= 15 is 0 Å². The number of carbonyl (C=O) groups is 1. The van der Waals surface area contributed by atoms with Gasteiger partial charge in [0.2, 0.25) is 11.9 Å². The van der Waals surface area contributed by atoms with Crippen molar-refractivity contribution in [2.75, 3.05) is 26.0 Å². The van der Waals surface area contributed by atoms with E-state index in [1.807, 2.05) is 67.1 Å². The molecule has 3 rings (SSSR count). The minimum absolute atomic E-state index is 0. The first kappa shape index (κ1) is 19.8. The lowest BCUT2D eigenvalue weighted by atomic mass is 10.1. The van der Waals surface area contributed by atoms with Gasteiger partial charge >= 0.3 is 0 Å². The predicted octanol–water partition coefficient (Wildman–Crippen LogP) is 3.25. The zero-order valence-corrected chi connectivity index (χ0v) is 15.8. The van der Waals surface area contributed by atoms with E-state index in [2.05, 4.69) is 15.6 Å². The highest BCUT2D eigenvalue weighted by atomic mass is 35.5. The van der Waals surface area contributed by atoms with E-state index in [1.54, 1.807) is 7.11 Å². The molecule has 0 aliphatic rings. The number of halogens is 1. The Bertz CT molecular complexity index is 894. The Kier molecular flexibility index (Phi) is 6.60. The number of para-hydroxylation sites is 4. The largest absolute Gasteiger partial charge is 0.495 e. The molecule has 0 saturated carbocycles. The van der Waals surface area contributed by atoms with Crippen LogP contribution in [0.3, 0.4) is 0 Å². The summed E-state index contributed by atoms with van der Waals surface area (Å²) in [5.74, 6) is 0.944. The second-order valence-corrected chi connectivity index (χ2v) is 5.88. The number of aromatic nitrogens is 2. The van der Waals surface area contributed by atoms with Crippen LogP contribution in [0.25, 0.3) is 16.7 Å². The van der Waals surface area contributed by atoms with Crippen molar-refractivity contribution < 1.29 is 9.53 Å². The smallest absolute Gasteiger partial charge is 0.230 e. The van der Waals surface area contributed by atoms with Crippen molar-refractivity contribution in [2.45, 2.75) is 6.92 Å². The fourth-order valence-electron chi connectivity index (χ4n) is 2.80. The molecule has 6 nitrogen and oxygen atoms in total. The van der Waals surface area contributed by atoms with E-state index in [-0.39, 0.29) is 24.2 Å². The summed E-state index contributed by atoms with van der Waals surface area (Å²) in [5, 5.41) is 5.97. The molecule has 0 radical (unpaired) electrons. The first-order chi connectivity index (χ1) is 12.2. The molecule has 1 heterocycles. The maximum absolute atomic E-state index is 12.5. The van der Waals surface area contributed by atoms with Gasteiger partial charge in [0, 0.05) is 12.5 Å². The molecule has 0 aliphatic carbocycles. The molecule has 0 spiro atoms. The molecule has 1 amide bonds. The van der Waals surface area contributed by atoms with Gasteiger partial charge in [0.25, 0.3) is 0 Å². The van der Waals surface area contributed by atoms with Crippen LogP contribution in [0.2, 0.25) is 0 Å². The number of methoxy groups -OCH3 is 1. The number of fused-ring (bicyclic) bond motifs is 1. The minimum atomic E-state index is -0.170. The van der Waals surface area contributed by atoms with Gasteiger partial charge in [-0.25, -0.2) is 4.98 Å². The van der Waals surface area contributed by atoms with Gasteiger partial charge in [0.05, 0.1) is 23.8 Å². The molecule has 2 N–H and O–H groups in total. The molecule has 0 aliphatic heterocycles. The van der Waals surface area contributed by atoms with Gasteiger partial charge < -0.3 is 10.1 Å². The molecule has 138 valence electrons. The normalized spacial score (nSPS) is 11.7. The van der Waals surface area contributed by atoms with E-state index in [9.17, 15) is 4.79 Å². The van der Waals surface area contributed by atoms with Crippen LogP contribution >= 0.6 is 12.4 Å². The Morgan fingerprint density at radius 1 is 1.19 bits per heavy atom. The first-order valence-corrected chi connectivity index (χ1v) is 8.22. The Morgan fingerprint density at radius 2 is 1.88 bits per heavy atom. The maximum atomic E-state index is 12.5. The van der Waals surface area contributed by atoms with Gasteiger partial charge in [-0.1, -0.05) is 31.2 Å². The van der Waals surface area contributed by atoms with E-state index < -0.39 is 0 Å². The Labute approximate surface area is 159 Å². The summed E-state index contributed by atoms with van der Waals surface area (Å²) < 4.78 is 7.41. The molecular formula is C19H23ClN4O2. The van der Waals surface area contributed by atoms with E-state index in [0.717, 1.165) is 16.7 Å². The van der Waals surface area contributed by atoms with Crippen molar-refractivity contribution >= 4 is 35.3 Å². The number of hydrogen-bond acceptors (Lipinski definition) is 4.